The van der Waals surface area contributed by atoms with E-state index in [1.165, 1.54) is 7.11 Å². The van der Waals surface area contributed by atoms with Crippen molar-refractivity contribution in [2.45, 2.75) is 26.2 Å². The van der Waals surface area contributed by atoms with Crippen molar-refractivity contribution in [3.05, 3.63) is 29.5 Å². The molecule has 2 heterocycles. The predicted molar refractivity (Wildman–Crippen MR) is 78.5 cm³/mol. The quantitative estimate of drug-likeness (QED) is 0.814. The molecule has 2 aromatic rings. The maximum Gasteiger partial charge on any atom is 0.337 e. The van der Waals surface area contributed by atoms with Gasteiger partial charge in [0.1, 0.15) is 0 Å². The number of ether oxygens (including phenoxy) is 1. The largest absolute Gasteiger partial charge is 0.465 e. The Hall–Kier alpha value is -2.30. The number of furan rings is 1. The fraction of sp³-hybridized carbons (Fsp3) is 0.375. The Morgan fingerprint density at radius 1 is 1.43 bits per heavy atom. The zero-order valence-corrected chi connectivity index (χ0v) is 12.1. The number of methoxy groups -OCH3 is 1. The van der Waals surface area contributed by atoms with Crippen molar-refractivity contribution in [2.24, 2.45) is 0 Å². The lowest BCUT2D eigenvalue weighted by molar-refractivity contribution is -0.117. The van der Waals surface area contributed by atoms with E-state index in [4.69, 9.17) is 9.15 Å². The number of amides is 1. The first-order valence-corrected chi connectivity index (χ1v) is 7.08. The number of nitrogens with zero attached hydrogens (tertiary/aromatic N) is 1. The van der Waals surface area contributed by atoms with Gasteiger partial charge < -0.3 is 14.1 Å². The van der Waals surface area contributed by atoms with Gasteiger partial charge in [-0.3, -0.25) is 4.79 Å². The molecule has 0 spiro atoms. The van der Waals surface area contributed by atoms with Crippen LogP contribution in [0.3, 0.4) is 0 Å². The van der Waals surface area contributed by atoms with Crippen molar-refractivity contribution in [1.82, 2.24) is 0 Å². The summed E-state index contributed by atoms with van der Waals surface area (Å²) in [6, 6.07) is 3.45. The van der Waals surface area contributed by atoms with E-state index in [1.807, 2.05) is 6.92 Å². The number of fused-ring (bicyclic) bond motifs is 1. The van der Waals surface area contributed by atoms with Crippen LogP contribution >= 0.6 is 0 Å². The van der Waals surface area contributed by atoms with E-state index in [-0.39, 0.29) is 5.91 Å². The fourth-order valence-corrected chi connectivity index (χ4v) is 2.78. The molecule has 3 rings (SSSR count). The Balaban J connectivity index is 2.23. The molecule has 21 heavy (non-hydrogen) atoms. The van der Waals surface area contributed by atoms with Crippen molar-refractivity contribution < 1.29 is 18.7 Å². The Kier molecular flexibility index (Phi) is 3.41. The van der Waals surface area contributed by atoms with Gasteiger partial charge in [0.2, 0.25) is 5.91 Å². The zero-order chi connectivity index (χ0) is 15.0. The second-order valence-corrected chi connectivity index (χ2v) is 5.13. The average Bonchev–Trinajstić information content (AvgIpc) is 3.11. The minimum Gasteiger partial charge on any atom is -0.465 e. The Morgan fingerprint density at radius 3 is 2.86 bits per heavy atom. The fourth-order valence-electron chi connectivity index (χ4n) is 2.78. The summed E-state index contributed by atoms with van der Waals surface area (Å²) in [5.74, 6) is -0.346. The summed E-state index contributed by atoms with van der Waals surface area (Å²) in [5.41, 5.74) is 2.78. The minimum atomic E-state index is -0.409. The number of benzene rings is 1. The number of aryl methyl sites for hydroxylation is 1. The van der Waals surface area contributed by atoms with Crippen LogP contribution in [0.15, 0.2) is 22.8 Å². The highest BCUT2D eigenvalue weighted by Crippen LogP contribution is 2.34. The maximum absolute atomic E-state index is 12.0. The van der Waals surface area contributed by atoms with Crippen LogP contribution in [0.25, 0.3) is 11.0 Å². The SMILES string of the molecule is CCc1coc2c(N3CCCC3=O)cc(C(=O)OC)cc12. The van der Waals surface area contributed by atoms with Gasteiger partial charge in [-0.25, -0.2) is 4.79 Å². The summed E-state index contributed by atoms with van der Waals surface area (Å²) in [7, 11) is 1.35. The number of rotatable bonds is 3. The number of esters is 1. The smallest absolute Gasteiger partial charge is 0.337 e. The van der Waals surface area contributed by atoms with Crippen molar-refractivity contribution in [3.8, 4) is 0 Å². The number of hydrogen-bond acceptors (Lipinski definition) is 4. The highest BCUT2D eigenvalue weighted by Gasteiger charge is 2.26. The molecule has 0 unspecified atom stereocenters. The van der Waals surface area contributed by atoms with Crippen LogP contribution in [0.1, 0.15) is 35.7 Å². The van der Waals surface area contributed by atoms with Gasteiger partial charge in [0.25, 0.3) is 0 Å². The van der Waals surface area contributed by atoms with Crippen LogP contribution in [0.4, 0.5) is 5.69 Å². The first-order valence-electron chi connectivity index (χ1n) is 7.08. The number of hydrogen-bond donors (Lipinski definition) is 0. The zero-order valence-electron chi connectivity index (χ0n) is 12.1. The van der Waals surface area contributed by atoms with E-state index in [9.17, 15) is 9.59 Å². The van der Waals surface area contributed by atoms with E-state index in [1.54, 1.807) is 23.3 Å². The summed E-state index contributed by atoms with van der Waals surface area (Å²) < 4.78 is 10.5. The van der Waals surface area contributed by atoms with E-state index in [2.05, 4.69) is 0 Å². The van der Waals surface area contributed by atoms with E-state index >= 15 is 0 Å². The monoisotopic (exact) mass is 287 g/mol. The molecular weight excluding hydrogens is 270 g/mol. The molecule has 0 bridgehead atoms. The van der Waals surface area contributed by atoms with Gasteiger partial charge in [-0.2, -0.15) is 0 Å². The molecule has 0 atom stereocenters. The lowest BCUT2D eigenvalue weighted by atomic mass is 10.1. The predicted octanol–water partition coefficient (Wildman–Crippen LogP) is 2.91. The summed E-state index contributed by atoms with van der Waals surface area (Å²) in [4.78, 5) is 25.6. The summed E-state index contributed by atoms with van der Waals surface area (Å²) in [6.07, 6.45) is 3.84. The normalized spacial score (nSPS) is 15.0. The molecule has 0 radical (unpaired) electrons. The standard InChI is InChI=1S/C16H17NO4/c1-3-10-9-21-15-12(10)7-11(16(19)20-2)8-13(15)17-6-4-5-14(17)18/h7-9H,3-6H2,1-2H3. The summed E-state index contributed by atoms with van der Waals surface area (Å²) >= 11 is 0. The van der Waals surface area contributed by atoms with Crippen molar-refractivity contribution in [3.63, 3.8) is 0 Å². The Morgan fingerprint density at radius 2 is 2.24 bits per heavy atom. The minimum absolute atomic E-state index is 0.0627. The first kappa shape index (κ1) is 13.7. The van der Waals surface area contributed by atoms with Gasteiger partial charge in [0.15, 0.2) is 5.58 Å². The van der Waals surface area contributed by atoms with Crippen LogP contribution in [-0.2, 0) is 16.0 Å². The Labute approximate surface area is 122 Å². The Bertz CT molecular complexity index is 716. The van der Waals surface area contributed by atoms with Crippen LogP contribution in [-0.4, -0.2) is 25.5 Å². The molecule has 110 valence electrons. The molecule has 0 aliphatic carbocycles. The average molecular weight is 287 g/mol. The lowest BCUT2D eigenvalue weighted by Crippen LogP contribution is -2.24. The molecule has 5 nitrogen and oxygen atoms in total. The highest BCUT2D eigenvalue weighted by atomic mass is 16.5. The molecule has 1 aliphatic rings. The molecule has 1 fully saturated rings. The topological polar surface area (TPSA) is 59.8 Å². The first-order chi connectivity index (χ1) is 10.2. The van der Waals surface area contributed by atoms with Gasteiger partial charge in [-0.05, 0) is 30.5 Å². The molecule has 1 aliphatic heterocycles. The lowest BCUT2D eigenvalue weighted by Gasteiger charge is -2.17. The maximum atomic E-state index is 12.0. The van der Waals surface area contributed by atoms with E-state index in [0.717, 1.165) is 23.8 Å². The van der Waals surface area contributed by atoms with Gasteiger partial charge in [-0.15, -0.1) is 0 Å². The van der Waals surface area contributed by atoms with Gasteiger partial charge >= 0.3 is 5.97 Å². The molecule has 1 aromatic heterocycles. The van der Waals surface area contributed by atoms with Crippen LogP contribution in [0.5, 0.6) is 0 Å². The third-order valence-electron chi connectivity index (χ3n) is 3.90. The second kappa shape index (κ2) is 5.24. The summed E-state index contributed by atoms with van der Waals surface area (Å²) in [6.45, 7) is 2.68. The van der Waals surface area contributed by atoms with Crippen LogP contribution in [0, 0.1) is 0 Å². The number of anilines is 1. The second-order valence-electron chi connectivity index (χ2n) is 5.13. The van der Waals surface area contributed by atoms with Gasteiger partial charge in [0.05, 0.1) is 24.6 Å². The van der Waals surface area contributed by atoms with E-state index in [0.29, 0.717) is 29.8 Å². The molecule has 5 heteroatoms. The van der Waals surface area contributed by atoms with Crippen molar-refractivity contribution in [2.75, 3.05) is 18.6 Å². The van der Waals surface area contributed by atoms with Crippen molar-refractivity contribution >= 4 is 28.5 Å². The van der Waals surface area contributed by atoms with E-state index < -0.39 is 5.97 Å². The van der Waals surface area contributed by atoms with Crippen LogP contribution < -0.4 is 4.90 Å². The molecular formula is C16H17NO4. The highest BCUT2D eigenvalue weighted by molar-refractivity contribution is 6.06. The molecule has 1 aromatic carbocycles. The van der Waals surface area contributed by atoms with Gasteiger partial charge in [0, 0.05) is 18.4 Å². The number of carbonyl (C=O) groups is 2. The number of carbonyl (C=O) groups excluding carboxylic acids is 2. The third kappa shape index (κ3) is 2.18. The molecule has 1 saturated heterocycles. The molecule has 0 N–H and O–H groups in total. The summed E-state index contributed by atoms with van der Waals surface area (Å²) in [5, 5.41) is 0.870. The third-order valence-corrected chi connectivity index (χ3v) is 3.90. The van der Waals surface area contributed by atoms with Crippen molar-refractivity contribution in [1.29, 1.82) is 0 Å². The van der Waals surface area contributed by atoms with Crippen LogP contribution in [0.2, 0.25) is 0 Å². The van der Waals surface area contributed by atoms with Gasteiger partial charge in [-0.1, -0.05) is 6.92 Å². The molecule has 1 amide bonds. The molecule has 0 saturated carbocycles.